The molecule has 0 spiro atoms. The summed E-state index contributed by atoms with van der Waals surface area (Å²) < 4.78 is 10.1. The molecule has 1 aromatic rings. The Bertz CT molecular complexity index is 576. The first kappa shape index (κ1) is 18.0. The lowest BCUT2D eigenvalue weighted by Gasteiger charge is -2.16. The number of esters is 1. The van der Waals surface area contributed by atoms with Crippen molar-refractivity contribution in [2.75, 3.05) is 19.0 Å². The number of nitrogens with one attached hydrogen (secondary N) is 1. The van der Waals surface area contributed by atoms with Crippen LogP contribution in [0.1, 0.15) is 20.8 Å². The largest absolute Gasteiger partial charge is 0.495 e. The monoisotopic (exact) mass is 325 g/mol. The minimum atomic E-state index is -0.567. The topological polar surface area (TPSA) is 64.6 Å². The van der Waals surface area contributed by atoms with Gasteiger partial charge in [-0.05, 0) is 23.6 Å². The van der Waals surface area contributed by atoms with Gasteiger partial charge >= 0.3 is 5.97 Å². The van der Waals surface area contributed by atoms with Crippen molar-refractivity contribution in [3.8, 4) is 5.75 Å². The molecule has 0 aromatic heterocycles. The lowest BCUT2D eigenvalue weighted by molar-refractivity contribution is -0.140. The summed E-state index contributed by atoms with van der Waals surface area (Å²) in [5, 5.41) is 3.05. The van der Waals surface area contributed by atoms with Gasteiger partial charge < -0.3 is 14.8 Å². The molecule has 0 atom stereocenters. The average Bonchev–Trinajstić information content (AvgIpc) is 2.42. The highest BCUT2D eigenvalue weighted by atomic mass is 35.5. The minimum Gasteiger partial charge on any atom is -0.495 e. The Labute approximate surface area is 135 Å². The van der Waals surface area contributed by atoms with Crippen molar-refractivity contribution in [3.63, 3.8) is 0 Å². The Hall–Kier alpha value is -2.01. The SMILES string of the molecule is COc1ccc(Cl)cc1NC(=O)/C=C/C(=O)OCC(C)(C)C. The van der Waals surface area contributed by atoms with Crippen molar-refractivity contribution in [3.05, 3.63) is 35.4 Å². The summed E-state index contributed by atoms with van der Waals surface area (Å²) in [5.74, 6) is -0.571. The molecular formula is C16H20ClNO4. The maximum absolute atomic E-state index is 11.8. The zero-order chi connectivity index (χ0) is 16.8. The number of halogens is 1. The van der Waals surface area contributed by atoms with Gasteiger partial charge in [-0.1, -0.05) is 32.4 Å². The lowest BCUT2D eigenvalue weighted by atomic mass is 9.99. The van der Waals surface area contributed by atoms with Crippen molar-refractivity contribution in [1.29, 1.82) is 0 Å². The second kappa shape index (κ2) is 7.84. The van der Waals surface area contributed by atoms with E-state index in [2.05, 4.69) is 5.32 Å². The van der Waals surface area contributed by atoms with E-state index in [1.807, 2.05) is 20.8 Å². The third kappa shape index (κ3) is 6.63. The predicted octanol–water partition coefficient (Wildman–Crippen LogP) is 3.43. The van der Waals surface area contributed by atoms with E-state index >= 15 is 0 Å². The lowest BCUT2D eigenvalue weighted by Crippen LogP contribution is -2.17. The van der Waals surface area contributed by atoms with Gasteiger partial charge in [-0.25, -0.2) is 4.79 Å². The molecule has 0 heterocycles. The van der Waals surface area contributed by atoms with Crippen LogP contribution in [0.2, 0.25) is 5.02 Å². The fraction of sp³-hybridized carbons (Fsp3) is 0.375. The molecule has 0 aliphatic rings. The molecule has 22 heavy (non-hydrogen) atoms. The molecule has 1 aromatic carbocycles. The number of carbonyl (C=O) groups is 2. The number of carbonyl (C=O) groups excluding carboxylic acids is 2. The van der Waals surface area contributed by atoms with Crippen LogP contribution in [0.3, 0.4) is 0 Å². The number of ether oxygens (including phenoxy) is 2. The molecule has 1 N–H and O–H groups in total. The van der Waals surface area contributed by atoms with Gasteiger partial charge in [0.25, 0.3) is 0 Å². The van der Waals surface area contributed by atoms with Gasteiger partial charge in [0.05, 0.1) is 19.4 Å². The first-order valence-electron chi connectivity index (χ1n) is 6.70. The van der Waals surface area contributed by atoms with E-state index in [4.69, 9.17) is 21.1 Å². The van der Waals surface area contributed by atoms with Crippen LogP contribution in [0.25, 0.3) is 0 Å². The van der Waals surface area contributed by atoms with E-state index in [0.717, 1.165) is 12.2 Å². The summed E-state index contributed by atoms with van der Waals surface area (Å²) in [7, 11) is 1.48. The van der Waals surface area contributed by atoms with E-state index < -0.39 is 11.9 Å². The maximum Gasteiger partial charge on any atom is 0.330 e. The van der Waals surface area contributed by atoms with Crippen molar-refractivity contribution in [2.24, 2.45) is 5.41 Å². The zero-order valence-electron chi connectivity index (χ0n) is 13.1. The molecule has 120 valence electrons. The van der Waals surface area contributed by atoms with Crippen LogP contribution in [0.4, 0.5) is 5.69 Å². The molecule has 0 unspecified atom stereocenters. The van der Waals surface area contributed by atoms with Crippen LogP contribution in [0.15, 0.2) is 30.4 Å². The second-order valence-electron chi connectivity index (χ2n) is 5.84. The highest BCUT2D eigenvalue weighted by Gasteiger charge is 2.12. The number of anilines is 1. The minimum absolute atomic E-state index is 0.125. The summed E-state index contributed by atoms with van der Waals surface area (Å²) in [5.41, 5.74) is 0.299. The van der Waals surface area contributed by atoms with E-state index in [1.165, 1.54) is 7.11 Å². The molecule has 5 nitrogen and oxygen atoms in total. The molecule has 6 heteroatoms. The zero-order valence-corrected chi connectivity index (χ0v) is 13.9. The first-order chi connectivity index (χ1) is 10.2. The summed E-state index contributed by atoms with van der Waals surface area (Å²) >= 11 is 5.87. The number of benzene rings is 1. The Balaban J connectivity index is 2.61. The molecule has 0 saturated carbocycles. The number of hydrogen-bond donors (Lipinski definition) is 1. The number of amides is 1. The molecule has 0 aliphatic heterocycles. The summed E-state index contributed by atoms with van der Waals surface area (Å²) in [6, 6.07) is 4.85. The molecule has 0 radical (unpaired) electrons. The van der Waals surface area contributed by atoms with Crippen LogP contribution in [-0.4, -0.2) is 25.6 Å². The van der Waals surface area contributed by atoms with E-state index in [0.29, 0.717) is 16.5 Å². The van der Waals surface area contributed by atoms with Gasteiger partial charge in [-0.15, -0.1) is 0 Å². The number of rotatable bonds is 5. The van der Waals surface area contributed by atoms with E-state index in [9.17, 15) is 9.59 Å². The average molecular weight is 326 g/mol. The smallest absolute Gasteiger partial charge is 0.330 e. The third-order valence-corrected chi connectivity index (χ3v) is 2.67. The highest BCUT2D eigenvalue weighted by Crippen LogP contribution is 2.27. The molecule has 1 amide bonds. The Morgan fingerprint density at radius 3 is 2.55 bits per heavy atom. The quantitative estimate of drug-likeness (QED) is 0.665. The predicted molar refractivity (Wildman–Crippen MR) is 86.2 cm³/mol. The van der Waals surface area contributed by atoms with Crippen LogP contribution in [0, 0.1) is 5.41 Å². The van der Waals surface area contributed by atoms with Gasteiger partial charge in [0.2, 0.25) is 5.91 Å². The molecule has 0 bridgehead atoms. The third-order valence-electron chi connectivity index (χ3n) is 2.44. The number of methoxy groups -OCH3 is 1. The summed E-state index contributed by atoms with van der Waals surface area (Å²) in [4.78, 5) is 23.3. The van der Waals surface area contributed by atoms with Gasteiger partial charge in [-0.3, -0.25) is 4.79 Å². The summed E-state index contributed by atoms with van der Waals surface area (Å²) in [6.07, 6.45) is 2.18. The van der Waals surface area contributed by atoms with Gasteiger partial charge in [-0.2, -0.15) is 0 Å². The molecule has 0 fully saturated rings. The van der Waals surface area contributed by atoms with E-state index in [1.54, 1.807) is 18.2 Å². The fourth-order valence-corrected chi connectivity index (χ4v) is 1.60. The Morgan fingerprint density at radius 1 is 1.27 bits per heavy atom. The van der Waals surface area contributed by atoms with Gasteiger partial charge in [0.1, 0.15) is 5.75 Å². The maximum atomic E-state index is 11.8. The van der Waals surface area contributed by atoms with E-state index in [-0.39, 0.29) is 12.0 Å². The highest BCUT2D eigenvalue weighted by molar-refractivity contribution is 6.31. The van der Waals surface area contributed by atoms with Crippen LogP contribution in [0.5, 0.6) is 5.75 Å². The molecule has 1 rings (SSSR count). The van der Waals surface area contributed by atoms with Crippen LogP contribution >= 0.6 is 11.6 Å². The fourth-order valence-electron chi connectivity index (χ4n) is 1.43. The van der Waals surface area contributed by atoms with Crippen LogP contribution < -0.4 is 10.1 Å². The standard InChI is InChI=1S/C16H20ClNO4/c1-16(2,3)10-22-15(20)8-7-14(19)18-12-9-11(17)5-6-13(12)21-4/h5-9H,10H2,1-4H3,(H,18,19)/b8-7+. The Morgan fingerprint density at radius 2 is 1.95 bits per heavy atom. The molecule has 0 saturated heterocycles. The van der Waals surface area contributed by atoms with Crippen molar-refractivity contribution in [1.82, 2.24) is 0 Å². The molecule has 0 aliphatic carbocycles. The number of hydrogen-bond acceptors (Lipinski definition) is 4. The first-order valence-corrected chi connectivity index (χ1v) is 7.08. The molecular weight excluding hydrogens is 306 g/mol. The van der Waals surface area contributed by atoms with Crippen LogP contribution in [-0.2, 0) is 14.3 Å². The Kier molecular flexibility index (Phi) is 6.43. The summed E-state index contributed by atoms with van der Waals surface area (Å²) in [6.45, 7) is 6.12. The second-order valence-corrected chi connectivity index (χ2v) is 6.27. The van der Waals surface area contributed by atoms with Crippen molar-refractivity contribution >= 4 is 29.2 Å². The van der Waals surface area contributed by atoms with Gasteiger partial charge in [0, 0.05) is 17.2 Å². The van der Waals surface area contributed by atoms with Crippen molar-refractivity contribution < 1.29 is 19.1 Å². The normalized spacial score (nSPS) is 11.3. The van der Waals surface area contributed by atoms with Gasteiger partial charge in [0.15, 0.2) is 0 Å². The van der Waals surface area contributed by atoms with Crippen molar-refractivity contribution in [2.45, 2.75) is 20.8 Å².